The fourth-order valence-corrected chi connectivity index (χ4v) is 2.98. The summed E-state index contributed by atoms with van der Waals surface area (Å²) in [6, 6.07) is 11.9. The Morgan fingerprint density at radius 2 is 1.71 bits per heavy atom. The SMILES string of the molecule is CC(CC(=O)N(C)CC(=O)Nc1ccccc1Br)c1ccc(C(F)(F)F)cc1. The van der Waals surface area contributed by atoms with E-state index in [0.717, 1.165) is 16.6 Å². The molecule has 0 spiro atoms. The lowest BCUT2D eigenvalue weighted by Gasteiger charge is -2.20. The van der Waals surface area contributed by atoms with Crippen LogP contribution < -0.4 is 5.32 Å². The van der Waals surface area contributed by atoms with Gasteiger partial charge in [-0.2, -0.15) is 13.2 Å². The predicted molar refractivity (Wildman–Crippen MR) is 105 cm³/mol. The summed E-state index contributed by atoms with van der Waals surface area (Å²) < 4.78 is 38.6. The third-order valence-corrected chi connectivity index (χ3v) is 4.93. The summed E-state index contributed by atoms with van der Waals surface area (Å²) in [7, 11) is 1.52. The second-order valence-corrected chi connectivity index (χ2v) is 7.36. The smallest absolute Gasteiger partial charge is 0.336 e. The van der Waals surface area contributed by atoms with E-state index in [9.17, 15) is 22.8 Å². The Labute approximate surface area is 169 Å². The minimum Gasteiger partial charge on any atom is -0.336 e. The molecule has 150 valence electrons. The Morgan fingerprint density at radius 3 is 2.29 bits per heavy atom. The molecule has 0 saturated carbocycles. The number of para-hydroxylation sites is 1. The quantitative estimate of drug-likeness (QED) is 0.660. The number of nitrogens with zero attached hydrogens (tertiary/aromatic N) is 1. The number of anilines is 1. The molecule has 0 radical (unpaired) electrons. The molecule has 4 nitrogen and oxygen atoms in total. The van der Waals surface area contributed by atoms with Crippen LogP contribution >= 0.6 is 15.9 Å². The van der Waals surface area contributed by atoms with Crippen LogP contribution in [0.15, 0.2) is 53.0 Å². The summed E-state index contributed by atoms with van der Waals surface area (Å²) in [4.78, 5) is 25.8. The van der Waals surface area contributed by atoms with Gasteiger partial charge in [-0.15, -0.1) is 0 Å². The minimum atomic E-state index is -4.39. The highest BCUT2D eigenvalue weighted by Gasteiger charge is 2.30. The Kier molecular flexibility index (Phi) is 7.23. The van der Waals surface area contributed by atoms with E-state index in [0.29, 0.717) is 11.3 Å². The highest BCUT2D eigenvalue weighted by molar-refractivity contribution is 9.10. The molecule has 0 aromatic heterocycles. The summed E-state index contributed by atoms with van der Waals surface area (Å²) in [5, 5.41) is 2.72. The molecule has 1 N–H and O–H groups in total. The molecule has 8 heteroatoms. The largest absolute Gasteiger partial charge is 0.416 e. The molecule has 0 fully saturated rings. The Bertz CT molecular complexity index is 838. The van der Waals surface area contributed by atoms with Crippen LogP contribution in [0.4, 0.5) is 18.9 Å². The molecular weight excluding hydrogens is 437 g/mol. The molecule has 2 amide bonds. The summed E-state index contributed by atoms with van der Waals surface area (Å²) in [6.07, 6.45) is -4.30. The normalized spacial score (nSPS) is 12.4. The number of hydrogen-bond donors (Lipinski definition) is 1. The number of carbonyl (C=O) groups excluding carboxylic acids is 2. The molecule has 0 aliphatic carbocycles. The summed E-state index contributed by atoms with van der Waals surface area (Å²) in [6.45, 7) is 1.63. The first-order valence-corrected chi connectivity index (χ1v) is 9.32. The molecule has 0 heterocycles. The van der Waals surface area contributed by atoms with Gasteiger partial charge in [0.15, 0.2) is 0 Å². The van der Waals surface area contributed by atoms with Crippen LogP contribution in [-0.2, 0) is 15.8 Å². The molecule has 0 aliphatic heterocycles. The van der Waals surface area contributed by atoms with E-state index < -0.39 is 11.7 Å². The third kappa shape index (κ3) is 6.09. The van der Waals surface area contributed by atoms with Crippen LogP contribution in [0.3, 0.4) is 0 Å². The van der Waals surface area contributed by atoms with Gasteiger partial charge in [0.05, 0.1) is 17.8 Å². The Morgan fingerprint density at radius 1 is 1.11 bits per heavy atom. The number of rotatable bonds is 6. The second-order valence-electron chi connectivity index (χ2n) is 6.50. The maximum Gasteiger partial charge on any atom is 0.416 e. The maximum absolute atomic E-state index is 12.6. The first kappa shape index (κ1) is 21.9. The lowest BCUT2D eigenvalue weighted by Crippen LogP contribution is -2.35. The van der Waals surface area contributed by atoms with Crippen molar-refractivity contribution in [3.63, 3.8) is 0 Å². The number of carbonyl (C=O) groups is 2. The molecular formula is C20H20BrF3N2O2. The molecule has 0 bridgehead atoms. The number of nitrogens with one attached hydrogen (secondary N) is 1. The standard InChI is InChI=1S/C20H20BrF3N2O2/c1-13(14-7-9-15(10-8-14)20(22,23)24)11-19(28)26(2)12-18(27)25-17-6-4-3-5-16(17)21/h3-10,13H,11-12H2,1-2H3,(H,25,27). The van der Waals surface area contributed by atoms with Crippen molar-refractivity contribution in [2.45, 2.75) is 25.4 Å². The second kappa shape index (κ2) is 9.23. The molecule has 2 aromatic carbocycles. The fourth-order valence-electron chi connectivity index (χ4n) is 2.59. The topological polar surface area (TPSA) is 49.4 Å². The van der Waals surface area contributed by atoms with Gasteiger partial charge in [-0.3, -0.25) is 9.59 Å². The summed E-state index contributed by atoms with van der Waals surface area (Å²) >= 11 is 3.33. The van der Waals surface area contributed by atoms with Crippen LogP contribution in [0.1, 0.15) is 30.4 Å². The van der Waals surface area contributed by atoms with Gasteiger partial charge in [0.1, 0.15) is 0 Å². The van der Waals surface area contributed by atoms with Gasteiger partial charge in [-0.05, 0) is 51.7 Å². The van der Waals surface area contributed by atoms with Crippen molar-refractivity contribution in [1.82, 2.24) is 4.90 Å². The number of amides is 2. The molecule has 0 aliphatic rings. The lowest BCUT2D eigenvalue weighted by atomic mass is 9.96. The van der Waals surface area contributed by atoms with E-state index in [4.69, 9.17) is 0 Å². The zero-order chi connectivity index (χ0) is 20.9. The molecule has 2 rings (SSSR count). The van der Waals surface area contributed by atoms with Gasteiger partial charge in [0.2, 0.25) is 11.8 Å². The van der Waals surface area contributed by atoms with Crippen LogP contribution in [-0.4, -0.2) is 30.3 Å². The first-order valence-electron chi connectivity index (χ1n) is 8.53. The van der Waals surface area contributed by atoms with Crippen LogP contribution in [0.5, 0.6) is 0 Å². The number of hydrogen-bond acceptors (Lipinski definition) is 2. The summed E-state index contributed by atoms with van der Waals surface area (Å²) in [5.74, 6) is -0.886. The molecule has 1 atom stereocenters. The van der Waals surface area contributed by atoms with Gasteiger partial charge in [-0.1, -0.05) is 31.2 Å². The van der Waals surface area contributed by atoms with Crippen molar-refractivity contribution < 1.29 is 22.8 Å². The van der Waals surface area contributed by atoms with Gasteiger partial charge in [0.25, 0.3) is 0 Å². The van der Waals surface area contributed by atoms with Gasteiger partial charge in [-0.25, -0.2) is 0 Å². The molecule has 0 saturated heterocycles. The molecule has 2 aromatic rings. The average molecular weight is 457 g/mol. The maximum atomic E-state index is 12.6. The van der Waals surface area contributed by atoms with E-state index >= 15 is 0 Å². The molecule has 1 unspecified atom stereocenters. The van der Waals surface area contributed by atoms with Crippen molar-refractivity contribution in [3.05, 3.63) is 64.1 Å². The van der Waals surface area contributed by atoms with E-state index in [2.05, 4.69) is 21.2 Å². The molecule has 28 heavy (non-hydrogen) atoms. The van der Waals surface area contributed by atoms with E-state index in [1.54, 1.807) is 25.1 Å². The predicted octanol–water partition coefficient (Wildman–Crippen LogP) is 5.06. The third-order valence-electron chi connectivity index (χ3n) is 4.24. The zero-order valence-corrected chi connectivity index (χ0v) is 17.0. The van der Waals surface area contributed by atoms with Crippen molar-refractivity contribution in [2.24, 2.45) is 0 Å². The highest BCUT2D eigenvalue weighted by Crippen LogP contribution is 2.30. The number of benzene rings is 2. The number of halogens is 4. The zero-order valence-electron chi connectivity index (χ0n) is 15.4. The number of likely N-dealkylation sites (N-methyl/N-ethyl adjacent to an activating group) is 1. The van der Waals surface area contributed by atoms with Gasteiger partial charge >= 0.3 is 6.18 Å². The number of alkyl halides is 3. The Hall–Kier alpha value is -2.35. The van der Waals surface area contributed by atoms with E-state index in [-0.39, 0.29) is 30.7 Å². The van der Waals surface area contributed by atoms with E-state index in [1.807, 2.05) is 6.07 Å². The lowest BCUT2D eigenvalue weighted by molar-refractivity contribution is -0.137. The highest BCUT2D eigenvalue weighted by atomic mass is 79.9. The monoisotopic (exact) mass is 456 g/mol. The van der Waals surface area contributed by atoms with Crippen molar-refractivity contribution in [1.29, 1.82) is 0 Å². The van der Waals surface area contributed by atoms with Crippen molar-refractivity contribution in [2.75, 3.05) is 18.9 Å². The van der Waals surface area contributed by atoms with E-state index in [1.165, 1.54) is 24.1 Å². The Balaban J connectivity index is 1.90. The van der Waals surface area contributed by atoms with Crippen molar-refractivity contribution >= 4 is 33.4 Å². The van der Waals surface area contributed by atoms with Gasteiger partial charge in [0, 0.05) is 17.9 Å². The van der Waals surface area contributed by atoms with Crippen LogP contribution in [0.2, 0.25) is 0 Å². The summed E-state index contributed by atoms with van der Waals surface area (Å²) in [5.41, 5.74) is 0.509. The van der Waals surface area contributed by atoms with Gasteiger partial charge < -0.3 is 10.2 Å². The van der Waals surface area contributed by atoms with Crippen molar-refractivity contribution in [3.8, 4) is 0 Å². The fraction of sp³-hybridized carbons (Fsp3) is 0.300. The minimum absolute atomic E-state index is 0.0875. The average Bonchev–Trinajstić information content (AvgIpc) is 2.62. The van der Waals surface area contributed by atoms with Crippen LogP contribution in [0.25, 0.3) is 0 Å². The van der Waals surface area contributed by atoms with Crippen LogP contribution in [0, 0.1) is 0 Å². The first-order chi connectivity index (χ1) is 13.1.